The van der Waals surface area contributed by atoms with Gasteiger partial charge in [0.15, 0.2) is 0 Å². The molecule has 1 aromatic rings. The number of benzene rings is 1. The van der Waals surface area contributed by atoms with Crippen LogP contribution >= 0.6 is 0 Å². The number of hydrogen-bond donors (Lipinski definition) is 1. The molecule has 0 fully saturated rings. The van der Waals surface area contributed by atoms with Crippen LogP contribution in [0.5, 0.6) is 0 Å². The zero-order valence-electron chi connectivity index (χ0n) is 6.08. The fourth-order valence-corrected chi connectivity index (χ4v) is 0.581. The van der Waals surface area contributed by atoms with Gasteiger partial charge in [0.1, 0.15) is 0 Å². The van der Waals surface area contributed by atoms with Gasteiger partial charge in [0.2, 0.25) is 0 Å². The molecule has 0 bridgehead atoms. The molecule has 65 valence electrons. The Labute approximate surface area is 81.4 Å². The van der Waals surface area contributed by atoms with Gasteiger partial charge in [-0.25, -0.2) is 4.79 Å². The summed E-state index contributed by atoms with van der Waals surface area (Å²) in [5.41, 5.74) is 0.331. The van der Waals surface area contributed by atoms with Gasteiger partial charge in [-0.1, -0.05) is 18.2 Å². The molecule has 0 aliphatic rings. The van der Waals surface area contributed by atoms with Crippen LogP contribution in [0.1, 0.15) is 10.4 Å². The maximum atomic E-state index is 10.2. The molecule has 1 rings (SSSR count). The van der Waals surface area contributed by atoms with E-state index >= 15 is 0 Å². The first-order valence-corrected chi connectivity index (χ1v) is 2.59. The smallest absolute Gasteiger partial charge is 0.335 e. The van der Waals surface area contributed by atoms with E-state index < -0.39 is 5.97 Å². The Kier molecular flexibility index (Phi) is 12.0. The van der Waals surface area contributed by atoms with E-state index in [1.165, 1.54) is 0 Å². The van der Waals surface area contributed by atoms with Crippen LogP contribution in [0.2, 0.25) is 0 Å². The number of halogens is 2. The fourth-order valence-electron chi connectivity index (χ4n) is 0.581. The van der Waals surface area contributed by atoms with E-state index in [9.17, 15) is 4.79 Å². The molecule has 0 saturated carbocycles. The van der Waals surface area contributed by atoms with Crippen molar-refractivity contribution in [3.05, 3.63) is 35.9 Å². The van der Waals surface area contributed by atoms with Gasteiger partial charge in [0.05, 0.1) is 5.56 Å². The van der Waals surface area contributed by atoms with Gasteiger partial charge in [0.25, 0.3) is 0 Å². The number of rotatable bonds is 1. The Morgan fingerprint density at radius 2 is 1.50 bits per heavy atom. The van der Waals surface area contributed by atoms with Crippen molar-refractivity contribution in [3.8, 4) is 0 Å². The summed E-state index contributed by atoms with van der Waals surface area (Å²) in [6.45, 7) is 0. The Morgan fingerprint density at radius 1 is 1.08 bits per heavy atom. The van der Waals surface area contributed by atoms with E-state index in [1.54, 1.807) is 30.3 Å². The maximum Gasteiger partial charge on any atom is 0.335 e. The van der Waals surface area contributed by atoms with E-state index in [0.29, 0.717) is 5.56 Å². The van der Waals surface area contributed by atoms with Crippen molar-refractivity contribution < 1.29 is 19.3 Å². The summed E-state index contributed by atoms with van der Waals surface area (Å²) in [6.07, 6.45) is 0. The van der Waals surface area contributed by atoms with Gasteiger partial charge in [-0.2, -0.15) is 0 Å². The van der Waals surface area contributed by atoms with Crippen LogP contribution in [0.4, 0.5) is 0 Å². The molecule has 2 nitrogen and oxygen atoms in total. The van der Waals surface area contributed by atoms with Gasteiger partial charge < -0.3 is 14.5 Å². The summed E-state index contributed by atoms with van der Waals surface area (Å²) >= 11 is 0. The first-order valence-electron chi connectivity index (χ1n) is 2.59. The minimum Gasteiger partial charge on any atom is -1.00 e. The molecule has 5 heteroatoms. The average molecular weight is 230 g/mol. The number of carbonyl (C=O) groups is 1. The summed E-state index contributed by atoms with van der Waals surface area (Å²) in [5.74, 6) is -0.879. The molecule has 0 heterocycles. The van der Waals surface area contributed by atoms with Gasteiger partial charge >= 0.3 is 5.97 Å². The third-order valence-electron chi connectivity index (χ3n) is 1.02. The summed E-state index contributed by atoms with van der Waals surface area (Å²) in [7, 11) is 0. The van der Waals surface area contributed by atoms with Crippen LogP contribution in [0.15, 0.2) is 30.3 Å². The predicted molar refractivity (Wildman–Crippen MR) is 39.2 cm³/mol. The van der Waals surface area contributed by atoms with Crippen LogP contribution in [0.25, 0.3) is 0 Å². The average Bonchev–Trinajstić information content (AvgIpc) is 1.90. The van der Waals surface area contributed by atoms with Crippen molar-refractivity contribution in [1.82, 2.24) is 0 Å². The third kappa shape index (κ3) is 4.92. The number of carboxylic acids is 1. The fraction of sp³-hybridized carbons (Fsp3) is 0. The third-order valence-corrected chi connectivity index (χ3v) is 1.02. The molecule has 0 unspecified atom stereocenters. The zero-order valence-corrected chi connectivity index (χ0v) is 8.50. The monoisotopic (exact) mass is 229 g/mol. The van der Waals surface area contributed by atoms with Crippen LogP contribution in [0, 0.1) is 0 Å². The number of aromatic carboxylic acids is 1. The molecule has 0 aromatic heterocycles. The molecule has 0 spiro atoms. The summed E-state index contributed by atoms with van der Waals surface area (Å²) in [4.78, 5) is 10.2. The van der Waals surface area contributed by atoms with Crippen LogP contribution < -0.4 is 9.41 Å². The molecule has 1 aromatic carbocycles. The predicted octanol–water partition coefficient (Wildman–Crippen LogP) is -4.99. The van der Waals surface area contributed by atoms with E-state index in [4.69, 9.17) is 5.11 Å². The van der Waals surface area contributed by atoms with Crippen molar-refractivity contribution in [2.75, 3.05) is 0 Å². The largest absolute Gasteiger partial charge is 1.00 e. The molecular weight excluding hydrogens is 224 g/mol. The summed E-state index contributed by atoms with van der Waals surface area (Å²) in [5, 5.41) is 8.38. The molecule has 0 aliphatic carbocycles. The van der Waals surface area contributed by atoms with E-state index in [2.05, 4.69) is 0 Å². The minimum atomic E-state index is -0.879. The molecule has 0 amide bonds. The van der Waals surface area contributed by atoms with Crippen molar-refractivity contribution in [3.63, 3.8) is 0 Å². The quantitative estimate of drug-likeness (QED) is 0.490. The van der Waals surface area contributed by atoms with Gasteiger partial charge in [-0.05, 0) is 12.1 Å². The van der Waals surface area contributed by atoms with Crippen LogP contribution in [-0.4, -0.2) is 30.9 Å². The van der Waals surface area contributed by atoms with Crippen LogP contribution in [0.3, 0.4) is 0 Å². The Hall–Kier alpha value is -0.814. The molecule has 12 heavy (non-hydrogen) atoms. The summed E-state index contributed by atoms with van der Waals surface area (Å²) in [6, 6.07) is 8.30. The van der Waals surface area contributed by atoms with Gasteiger partial charge in [-0.3, -0.25) is 0 Å². The summed E-state index contributed by atoms with van der Waals surface area (Å²) < 4.78 is 0. The Balaban J connectivity index is -0.000000270. The van der Waals surface area contributed by atoms with Gasteiger partial charge in [0, 0.05) is 19.8 Å². The van der Waals surface area contributed by atoms with Crippen molar-refractivity contribution in [2.24, 2.45) is 0 Å². The molecule has 1 N–H and O–H groups in total. The van der Waals surface area contributed by atoms with Crippen molar-refractivity contribution in [1.29, 1.82) is 0 Å². The first kappa shape index (κ1) is 17.3. The van der Waals surface area contributed by atoms with E-state index in [0.717, 1.165) is 0 Å². The maximum absolute atomic E-state index is 10.2. The zero-order chi connectivity index (χ0) is 6.69. The van der Waals surface area contributed by atoms with E-state index in [-0.39, 0.29) is 29.2 Å². The molecule has 0 saturated heterocycles. The second-order valence-corrected chi connectivity index (χ2v) is 1.67. The second kappa shape index (κ2) is 8.28. The Bertz CT molecular complexity index is 216. The Morgan fingerprint density at radius 3 is 1.75 bits per heavy atom. The SMILES string of the molecule is O=C(O)c1ccccc1.[F-].[F-].[Ga]. The normalized spacial score (nSPS) is 6.67. The van der Waals surface area contributed by atoms with Gasteiger partial charge in [-0.15, -0.1) is 0 Å². The second-order valence-electron chi connectivity index (χ2n) is 1.67. The first-order chi connectivity index (χ1) is 4.30. The van der Waals surface area contributed by atoms with Crippen molar-refractivity contribution in [2.45, 2.75) is 0 Å². The molecular formula is C7H6F2GaO2-2. The van der Waals surface area contributed by atoms with E-state index in [1.807, 2.05) is 0 Å². The molecule has 0 aliphatic heterocycles. The number of hydrogen-bond acceptors (Lipinski definition) is 1. The standard InChI is InChI=1S/C7H6O2.2FH.Ga/c8-7(9)6-4-2-1-3-5-6;;;/h1-5H,(H,8,9);2*1H;/p-2. The molecule has 0 atom stereocenters. The minimum absolute atomic E-state index is 0. The number of carboxylic acid groups (broad SMARTS) is 1. The van der Waals surface area contributed by atoms with Crippen molar-refractivity contribution >= 4 is 25.8 Å². The topological polar surface area (TPSA) is 37.3 Å². The molecule has 3 radical (unpaired) electrons. The van der Waals surface area contributed by atoms with Crippen LogP contribution in [-0.2, 0) is 0 Å².